The highest BCUT2D eigenvalue weighted by Crippen LogP contribution is 2.82. The number of nitriles is 2. The minimum absolute atomic E-state index is 0.00937. The van der Waals surface area contributed by atoms with Crippen molar-refractivity contribution in [3.8, 4) is 23.6 Å². The molecule has 0 unspecified atom stereocenters. The van der Waals surface area contributed by atoms with E-state index < -0.39 is 22.7 Å². The molecule has 3 rings (SSSR count). The van der Waals surface area contributed by atoms with E-state index in [0.717, 1.165) is 0 Å². The molecule has 2 N–H and O–H groups in total. The van der Waals surface area contributed by atoms with Crippen LogP contribution in [-0.4, -0.2) is 40.2 Å². The molecule has 25 heavy (non-hydrogen) atoms. The fourth-order valence-electron chi connectivity index (χ4n) is 4.05. The number of ether oxygens (including phenoxy) is 4. The maximum Gasteiger partial charge on any atom is 0.292 e. The van der Waals surface area contributed by atoms with Gasteiger partial charge in [0.1, 0.15) is 22.7 Å². The second-order valence-electron chi connectivity index (χ2n) is 5.87. The molecule has 1 fully saturated rings. The molecule has 3 atom stereocenters. The number of fused-ring (bicyclic) bond motifs is 1. The summed E-state index contributed by atoms with van der Waals surface area (Å²) in [6.07, 6.45) is 0. The average molecular weight is 342 g/mol. The first kappa shape index (κ1) is 17.0. The van der Waals surface area contributed by atoms with E-state index in [1.807, 2.05) is 0 Å². The standard InChI is InChI=1S/C17H18N4O4/c1-22-10-5-6-12(23-2)11(7-10)13-15(8-18)14(20)21-17(24-3,25-4)16(13,15)9-19/h5-7,13H,1-4H3,(H2,20,21)/t13-,15+,16+/m0/s1. The van der Waals surface area contributed by atoms with E-state index >= 15 is 0 Å². The zero-order valence-electron chi connectivity index (χ0n) is 14.4. The maximum absolute atomic E-state index is 10.0. The molecule has 0 bridgehead atoms. The zero-order valence-corrected chi connectivity index (χ0v) is 14.4. The largest absolute Gasteiger partial charge is 0.497 e. The third-order valence-corrected chi connectivity index (χ3v) is 5.23. The Hall–Kier alpha value is -2.81. The van der Waals surface area contributed by atoms with Crippen LogP contribution < -0.4 is 15.2 Å². The first-order valence-electron chi connectivity index (χ1n) is 7.49. The smallest absolute Gasteiger partial charge is 0.292 e. The van der Waals surface area contributed by atoms with Gasteiger partial charge in [0.05, 0.1) is 26.4 Å². The van der Waals surface area contributed by atoms with Gasteiger partial charge in [-0.1, -0.05) is 0 Å². The molecule has 1 aromatic rings. The fourth-order valence-corrected chi connectivity index (χ4v) is 4.05. The quantitative estimate of drug-likeness (QED) is 0.796. The van der Waals surface area contributed by atoms with Crippen molar-refractivity contribution in [2.24, 2.45) is 21.6 Å². The van der Waals surface area contributed by atoms with Crippen molar-refractivity contribution < 1.29 is 18.9 Å². The molecule has 0 amide bonds. The molecule has 2 aliphatic rings. The Labute approximate surface area is 145 Å². The first-order valence-corrected chi connectivity index (χ1v) is 7.49. The van der Waals surface area contributed by atoms with Gasteiger partial charge >= 0.3 is 0 Å². The van der Waals surface area contributed by atoms with Crippen LogP contribution >= 0.6 is 0 Å². The van der Waals surface area contributed by atoms with Crippen LogP contribution in [0.3, 0.4) is 0 Å². The minimum Gasteiger partial charge on any atom is -0.497 e. The van der Waals surface area contributed by atoms with Crippen molar-refractivity contribution in [2.45, 2.75) is 11.8 Å². The lowest BCUT2D eigenvalue weighted by Gasteiger charge is -2.29. The molecule has 8 nitrogen and oxygen atoms in total. The number of rotatable bonds is 5. The number of nitrogens with two attached hydrogens (primary N) is 1. The highest BCUT2D eigenvalue weighted by molar-refractivity contribution is 6.00. The van der Waals surface area contributed by atoms with Crippen LogP contribution in [0.1, 0.15) is 11.5 Å². The van der Waals surface area contributed by atoms with Gasteiger partial charge in [0.15, 0.2) is 5.41 Å². The van der Waals surface area contributed by atoms with Gasteiger partial charge in [-0.2, -0.15) is 10.5 Å². The van der Waals surface area contributed by atoms with E-state index in [0.29, 0.717) is 17.1 Å². The van der Waals surface area contributed by atoms with Crippen LogP contribution in [-0.2, 0) is 9.47 Å². The number of aliphatic imine (C=N–C) groups is 1. The summed E-state index contributed by atoms with van der Waals surface area (Å²) in [5.74, 6) is -1.22. The van der Waals surface area contributed by atoms with Crippen LogP contribution in [0.25, 0.3) is 0 Å². The summed E-state index contributed by atoms with van der Waals surface area (Å²) in [4.78, 5) is 4.18. The molecule has 1 aromatic carbocycles. The van der Waals surface area contributed by atoms with Crippen molar-refractivity contribution in [2.75, 3.05) is 28.4 Å². The topological polar surface area (TPSA) is 123 Å². The third-order valence-electron chi connectivity index (χ3n) is 5.23. The number of hydrogen-bond donors (Lipinski definition) is 1. The van der Waals surface area contributed by atoms with Gasteiger partial charge in [0, 0.05) is 25.7 Å². The van der Waals surface area contributed by atoms with Crippen molar-refractivity contribution in [1.82, 2.24) is 0 Å². The van der Waals surface area contributed by atoms with Crippen LogP contribution in [0.4, 0.5) is 0 Å². The Morgan fingerprint density at radius 1 is 1.08 bits per heavy atom. The lowest BCUT2D eigenvalue weighted by molar-refractivity contribution is -0.230. The molecule has 0 radical (unpaired) electrons. The summed E-state index contributed by atoms with van der Waals surface area (Å²) >= 11 is 0. The van der Waals surface area contributed by atoms with Crippen molar-refractivity contribution in [3.63, 3.8) is 0 Å². The Kier molecular flexibility index (Phi) is 3.64. The van der Waals surface area contributed by atoms with Gasteiger partial charge < -0.3 is 24.7 Å². The molecule has 1 aliphatic heterocycles. The number of benzene rings is 1. The highest BCUT2D eigenvalue weighted by Gasteiger charge is 2.93. The molecule has 1 saturated carbocycles. The van der Waals surface area contributed by atoms with Crippen LogP contribution in [0, 0.1) is 33.5 Å². The Bertz CT molecular complexity index is 836. The van der Waals surface area contributed by atoms with Gasteiger partial charge in [-0.25, -0.2) is 4.99 Å². The lowest BCUT2D eigenvalue weighted by Crippen LogP contribution is -2.41. The zero-order chi connectivity index (χ0) is 18.5. The van der Waals surface area contributed by atoms with E-state index in [1.54, 1.807) is 18.2 Å². The Morgan fingerprint density at radius 3 is 2.24 bits per heavy atom. The van der Waals surface area contributed by atoms with Gasteiger partial charge in [-0.3, -0.25) is 0 Å². The molecule has 8 heteroatoms. The number of methoxy groups -OCH3 is 4. The first-order chi connectivity index (χ1) is 12.0. The number of hydrogen-bond acceptors (Lipinski definition) is 8. The maximum atomic E-state index is 10.0. The lowest BCUT2D eigenvalue weighted by atomic mass is 9.93. The summed E-state index contributed by atoms with van der Waals surface area (Å²) in [5.41, 5.74) is 3.90. The molecule has 0 spiro atoms. The Balaban J connectivity index is 2.29. The van der Waals surface area contributed by atoms with Gasteiger partial charge in [-0.15, -0.1) is 0 Å². The Morgan fingerprint density at radius 2 is 1.76 bits per heavy atom. The van der Waals surface area contributed by atoms with Gasteiger partial charge in [0.2, 0.25) is 0 Å². The normalized spacial score (nSPS) is 31.3. The summed E-state index contributed by atoms with van der Waals surface area (Å²) in [6.45, 7) is 0. The summed E-state index contributed by atoms with van der Waals surface area (Å²) in [5, 5.41) is 20.0. The molecule has 1 aliphatic carbocycles. The molecule has 130 valence electrons. The van der Waals surface area contributed by atoms with E-state index in [2.05, 4.69) is 17.1 Å². The number of nitrogens with zero attached hydrogens (tertiary/aromatic N) is 3. The molecule has 0 saturated heterocycles. The third kappa shape index (κ3) is 1.63. The van der Waals surface area contributed by atoms with Crippen LogP contribution in [0.15, 0.2) is 23.2 Å². The molecular formula is C17H18N4O4. The van der Waals surface area contributed by atoms with Crippen molar-refractivity contribution in [1.29, 1.82) is 10.5 Å². The van der Waals surface area contributed by atoms with Crippen LogP contribution in [0.5, 0.6) is 11.5 Å². The van der Waals surface area contributed by atoms with E-state index in [9.17, 15) is 10.5 Å². The van der Waals surface area contributed by atoms with E-state index in [4.69, 9.17) is 24.7 Å². The van der Waals surface area contributed by atoms with E-state index in [-0.39, 0.29) is 5.84 Å². The van der Waals surface area contributed by atoms with Gasteiger partial charge in [0.25, 0.3) is 5.91 Å². The van der Waals surface area contributed by atoms with Gasteiger partial charge in [-0.05, 0) is 18.2 Å². The van der Waals surface area contributed by atoms with Crippen molar-refractivity contribution >= 4 is 5.84 Å². The molecule has 0 aromatic heterocycles. The summed E-state index contributed by atoms with van der Waals surface area (Å²) < 4.78 is 21.6. The van der Waals surface area contributed by atoms with Crippen LogP contribution in [0.2, 0.25) is 0 Å². The minimum atomic E-state index is -1.67. The monoisotopic (exact) mass is 342 g/mol. The van der Waals surface area contributed by atoms with Crippen molar-refractivity contribution in [3.05, 3.63) is 23.8 Å². The second kappa shape index (κ2) is 5.35. The SMILES string of the molecule is COc1ccc(OC)c([C@H]2[C@]3(C#N)C(N)=NC(OC)(OC)[C@]23C#N)c1. The summed E-state index contributed by atoms with van der Waals surface area (Å²) in [6, 6.07) is 9.56. The second-order valence-corrected chi connectivity index (χ2v) is 5.87. The average Bonchev–Trinajstić information content (AvgIpc) is 3.23. The summed E-state index contributed by atoms with van der Waals surface area (Å²) in [7, 11) is 5.78. The molecular weight excluding hydrogens is 324 g/mol. The van der Waals surface area contributed by atoms with E-state index in [1.165, 1.54) is 28.4 Å². The highest BCUT2D eigenvalue weighted by atomic mass is 16.7. The predicted octanol–water partition coefficient (Wildman–Crippen LogP) is 1.14. The molecule has 1 heterocycles. The fraction of sp³-hybridized carbons (Fsp3) is 0.471. The predicted molar refractivity (Wildman–Crippen MR) is 86.8 cm³/mol. The number of amidine groups is 1.